The van der Waals surface area contributed by atoms with Crippen LogP contribution in [0.15, 0.2) is 40.2 Å². The predicted molar refractivity (Wildman–Crippen MR) is 86.9 cm³/mol. The molecule has 0 bridgehead atoms. The maximum absolute atomic E-state index is 5.30. The number of rotatable bonds is 6. The zero-order valence-corrected chi connectivity index (χ0v) is 13.4. The Balaban J connectivity index is 1.68. The first-order chi connectivity index (χ1) is 10.7. The van der Waals surface area contributed by atoms with Gasteiger partial charge < -0.3 is 9.84 Å². The van der Waals surface area contributed by atoms with E-state index >= 15 is 0 Å². The zero-order valence-electron chi connectivity index (χ0n) is 12.6. The Kier molecular flexibility index (Phi) is 4.60. The highest BCUT2D eigenvalue weighted by Crippen LogP contribution is 2.24. The number of hydrogen-bond donors (Lipinski definition) is 1. The summed E-state index contributed by atoms with van der Waals surface area (Å²) >= 11 is 1.63. The van der Waals surface area contributed by atoms with Crippen LogP contribution in [0.25, 0.3) is 10.6 Å². The molecule has 1 aromatic carbocycles. The molecule has 114 valence electrons. The quantitative estimate of drug-likeness (QED) is 0.758. The molecule has 0 fully saturated rings. The van der Waals surface area contributed by atoms with Crippen molar-refractivity contribution in [2.45, 2.75) is 25.8 Å². The molecule has 0 aliphatic heterocycles. The summed E-state index contributed by atoms with van der Waals surface area (Å²) in [5.41, 5.74) is 2.09. The molecule has 3 rings (SSSR count). The van der Waals surface area contributed by atoms with Gasteiger partial charge in [0, 0.05) is 23.4 Å². The van der Waals surface area contributed by atoms with Gasteiger partial charge in [0.25, 0.3) is 0 Å². The Morgan fingerprint density at radius 2 is 2.05 bits per heavy atom. The van der Waals surface area contributed by atoms with Gasteiger partial charge in [0.1, 0.15) is 5.01 Å². The third kappa shape index (κ3) is 3.58. The van der Waals surface area contributed by atoms with E-state index in [-0.39, 0.29) is 0 Å². The molecule has 1 atom stereocenters. The Labute approximate surface area is 133 Å². The molecule has 0 spiro atoms. The summed E-state index contributed by atoms with van der Waals surface area (Å²) in [5, 5.41) is 10.2. The second-order valence-corrected chi connectivity index (χ2v) is 6.04. The van der Waals surface area contributed by atoms with Crippen LogP contribution in [0.5, 0.6) is 0 Å². The lowest BCUT2D eigenvalue weighted by atomic mass is 10.2. The molecule has 3 aromatic rings. The van der Waals surface area contributed by atoms with Crippen molar-refractivity contribution in [3.63, 3.8) is 0 Å². The van der Waals surface area contributed by atoms with E-state index in [1.807, 2.05) is 30.6 Å². The number of hydrogen-bond acceptors (Lipinski definition) is 6. The lowest BCUT2D eigenvalue weighted by Crippen LogP contribution is -2.24. The largest absolute Gasteiger partial charge is 0.339 e. The normalized spacial score (nSPS) is 12.5. The molecule has 0 radical (unpaired) electrons. The van der Waals surface area contributed by atoms with Crippen molar-refractivity contribution in [1.29, 1.82) is 0 Å². The van der Waals surface area contributed by atoms with Crippen LogP contribution in [-0.2, 0) is 12.8 Å². The smallest absolute Gasteiger partial charge is 0.232 e. The average molecular weight is 314 g/mol. The molecule has 22 heavy (non-hydrogen) atoms. The van der Waals surface area contributed by atoms with Crippen molar-refractivity contribution in [3.8, 4) is 10.6 Å². The number of likely N-dealkylation sites (N-methyl/N-ethyl adjacent to an activating group) is 1. The molecule has 1 unspecified atom stereocenters. The number of nitrogens with zero attached hydrogens (tertiary/aromatic N) is 3. The maximum atomic E-state index is 5.30. The van der Waals surface area contributed by atoms with Crippen LogP contribution < -0.4 is 5.32 Å². The van der Waals surface area contributed by atoms with Crippen molar-refractivity contribution < 1.29 is 4.52 Å². The second-order valence-electron chi connectivity index (χ2n) is 5.18. The minimum absolute atomic E-state index is 0.328. The van der Waals surface area contributed by atoms with E-state index in [0.717, 1.165) is 28.5 Å². The van der Waals surface area contributed by atoms with Gasteiger partial charge in [-0.1, -0.05) is 35.5 Å². The molecule has 2 heterocycles. The molecule has 0 amide bonds. The summed E-state index contributed by atoms with van der Waals surface area (Å²) in [4.78, 5) is 9.06. The molecule has 0 aliphatic carbocycles. The Bertz CT molecular complexity index is 723. The van der Waals surface area contributed by atoms with Gasteiger partial charge >= 0.3 is 0 Å². The molecular weight excluding hydrogens is 296 g/mol. The van der Waals surface area contributed by atoms with E-state index in [2.05, 4.69) is 39.5 Å². The summed E-state index contributed by atoms with van der Waals surface area (Å²) in [7, 11) is 1.92. The molecule has 1 N–H and O–H groups in total. The Morgan fingerprint density at radius 3 is 2.82 bits per heavy atom. The zero-order chi connectivity index (χ0) is 15.4. The number of aromatic nitrogens is 3. The molecular formula is C16H18N4OS. The molecule has 2 aromatic heterocycles. The summed E-state index contributed by atoms with van der Waals surface area (Å²) in [6.07, 6.45) is 1.33. The van der Waals surface area contributed by atoms with Crippen LogP contribution >= 0.6 is 11.3 Å². The average Bonchev–Trinajstić information content (AvgIpc) is 3.18. The van der Waals surface area contributed by atoms with Crippen molar-refractivity contribution in [2.75, 3.05) is 7.05 Å². The van der Waals surface area contributed by atoms with Gasteiger partial charge in [-0.2, -0.15) is 4.98 Å². The van der Waals surface area contributed by atoms with E-state index < -0.39 is 0 Å². The van der Waals surface area contributed by atoms with Gasteiger partial charge in [0.15, 0.2) is 5.82 Å². The van der Waals surface area contributed by atoms with Crippen LogP contribution in [0.4, 0.5) is 0 Å². The second kappa shape index (κ2) is 6.81. The third-order valence-electron chi connectivity index (χ3n) is 3.40. The number of benzene rings is 1. The Hall–Kier alpha value is -2.05. The topological polar surface area (TPSA) is 63.8 Å². The summed E-state index contributed by atoms with van der Waals surface area (Å²) in [6, 6.07) is 10.5. The first-order valence-electron chi connectivity index (χ1n) is 7.23. The van der Waals surface area contributed by atoms with E-state index in [1.54, 1.807) is 11.3 Å². The highest BCUT2D eigenvalue weighted by Gasteiger charge is 2.12. The lowest BCUT2D eigenvalue weighted by Gasteiger charge is -2.04. The maximum Gasteiger partial charge on any atom is 0.232 e. The summed E-state index contributed by atoms with van der Waals surface area (Å²) < 4.78 is 5.30. The minimum Gasteiger partial charge on any atom is -0.339 e. The first-order valence-corrected chi connectivity index (χ1v) is 8.11. The minimum atomic E-state index is 0.328. The fourth-order valence-corrected chi connectivity index (χ4v) is 2.90. The number of thiazole rings is 1. The van der Waals surface area contributed by atoms with E-state index in [9.17, 15) is 0 Å². The van der Waals surface area contributed by atoms with Crippen molar-refractivity contribution >= 4 is 11.3 Å². The van der Waals surface area contributed by atoms with Crippen LogP contribution in [0.2, 0.25) is 0 Å². The van der Waals surface area contributed by atoms with Crippen LogP contribution in [0.1, 0.15) is 24.3 Å². The monoisotopic (exact) mass is 314 g/mol. The fourth-order valence-electron chi connectivity index (χ4n) is 2.08. The Morgan fingerprint density at radius 1 is 1.23 bits per heavy atom. The third-order valence-corrected chi connectivity index (χ3v) is 4.34. The molecule has 0 saturated carbocycles. The van der Waals surface area contributed by atoms with E-state index in [1.165, 1.54) is 0 Å². The molecule has 6 heteroatoms. The van der Waals surface area contributed by atoms with Gasteiger partial charge in [-0.25, -0.2) is 4.98 Å². The molecule has 0 aliphatic rings. The summed E-state index contributed by atoms with van der Waals surface area (Å²) in [6.45, 7) is 2.09. The van der Waals surface area contributed by atoms with E-state index in [4.69, 9.17) is 4.52 Å². The van der Waals surface area contributed by atoms with Gasteiger partial charge in [-0.15, -0.1) is 11.3 Å². The van der Waals surface area contributed by atoms with Crippen LogP contribution in [0, 0.1) is 0 Å². The standard InChI is InChI=1S/C16H18N4OS/c1-11(17-2)8-14-19-15(21-20-14)9-13-10-22-16(18-13)12-6-4-3-5-7-12/h3-7,10-11,17H,8-9H2,1-2H3. The van der Waals surface area contributed by atoms with Crippen molar-refractivity contribution in [1.82, 2.24) is 20.4 Å². The lowest BCUT2D eigenvalue weighted by molar-refractivity contribution is 0.376. The predicted octanol–water partition coefficient (Wildman–Crippen LogP) is 2.93. The van der Waals surface area contributed by atoms with Crippen molar-refractivity contribution in [3.05, 3.63) is 53.1 Å². The van der Waals surface area contributed by atoms with Crippen LogP contribution in [0.3, 0.4) is 0 Å². The van der Waals surface area contributed by atoms with Gasteiger partial charge in [0.2, 0.25) is 5.89 Å². The number of nitrogens with one attached hydrogen (secondary N) is 1. The first kappa shape index (κ1) is 14.9. The molecule has 5 nitrogen and oxygen atoms in total. The van der Waals surface area contributed by atoms with Crippen molar-refractivity contribution in [2.24, 2.45) is 0 Å². The highest BCUT2D eigenvalue weighted by molar-refractivity contribution is 7.13. The fraction of sp³-hybridized carbons (Fsp3) is 0.312. The van der Waals surface area contributed by atoms with Crippen LogP contribution in [-0.4, -0.2) is 28.2 Å². The highest BCUT2D eigenvalue weighted by atomic mass is 32.1. The van der Waals surface area contributed by atoms with Gasteiger partial charge in [0.05, 0.1) is 12.1 Å². The SMILES string of the molecule is CNC(C)Cc1noc(Cc2csc(-c3ccccc3)n2)n1. The van der Waals surface area contributed by atoms with Gasteiger partial charge in [-0.05, 0) is 14.0 Å². The van der Waals surface area contributed by atoms with E-state index in [0.29, 0.717) is 18.4 Å². The molecule has 0 saturated heterocycles. The van der Waals surface area contributed by atoms with Gasteiger partial charge in [-0.3, -0.25) is 0 Å². The summed E-state index contributed by atoms with van der Waals surface area (Å²) in [5.74, 6) is 1.35.